The first-order chi connectivity index (χ1) is 14.7. The third kappa shape index (κ3) is 5.69. The van der Waals surface area contributed by atoms with E-state index in [2.05, 4.69) is 63.6 Å². The molecule has 4 rings (SSSR count). The molecule has 0 spiro atoms. The Kier molecular flexibility index (Phi) is 7.16. The van der Waals surface area contributed by atoms with Crippen LogP contribution in [0.5, 0.6) is 0 Å². The minimum Gasteiger partial charge on any atom is -0.393 e. The minimum atomic E-state index is -0.129. The van der Waals surface area contributed by atoms with Crippen LogP contribution in [0.4, 0.5) is 0 Å². The van der Waals surface area contributed by atoms with Crippen LogP contribution in [0.1, 0.15) is 42.4 Å². The molecule has 1 unspecified atom stereocenters. The number of nitrogens with one attached hydrogen (secondary N) is 1. The number of aliphatic hydroxyl groups is 1. The summed E-state index contributed by atoms with van der Waals surface area (Å²) in [5.41, 5.74) is 3.68. The molecule has 2 aliphatic rings. The standard InChI is InChI=1S/C25H33N3O2/c29-23-12-15-27(16-13-23)18-22-10-8-20(9-11-22)17-26-25(30)24-7-4-14-28(24)19-21-5-2-1-3-6-21/h1-3,5-6,8-11,23-24,29H,4,7,12-19H2,(H,26,30). The molecule has 30 heavy (non-hydrogen) atoms. The molecule has 1 amide bonds. The third-order valence-corrected chi connectivity index (χ3v) is 6.35. The van der Waals surface area contributed by atoms with E-state index < -0.39 is 0 Å². The number of rotatable bonds is 7. The first kappa shape index (κ1) is 21.0. The first-order valence-corrected chi connectivity index (χ1v) is 11.2. The average Bonchev–Trinajstić information content (AvgIpc) is 3.23. The lowest BCUT2D eigenvalue weighted by Crippen LogP contribution is -2.42. The number of piperidine rings is 1. The van der Waals surface area contributed by atoms with Crippen molar-refractivity contribution >= 4 is 5.91 Å². The number of benzene rings is 2. The van der Waals surface area contributed by atoms with Crippen molar-refractivity contribution in [2.75, 3.05) is 19.6 Å². The lowest BCUT2D eigenvalue weighted by Gasteiger charge is -2.29. The van der Waals surface area contributed by atoms with Crippen LogP contribution in [0.25, 0.3) is 0 Å². The van der Waals surface area contributed by atoms with Crippen molar-refractivity contribution in [1.82, 2.24) is 15.1 Å². The van der Waals surface area contributed by atoms with Crippen LogP contribution in [0.2, 0.25) is 0 Å². The molecule has 2 saturated heterocycles. The second kappa shape index (κ2) is 10.2. The molecule has 2 aliphatic heterocycles. The van der Waals surface area contributed by atoms with Gasteiger partial charge in [0.05, 0.1) is 12.1 Å². The highest BCUT2D eigenvalue weighted by molar-refractivity contribution is 5.82. The SMILES string of the molecule is O=C(NCc1ccc(CN2CCC(O)CC2)cc1)C1CCCN1Cc1ccccc1. The summed E-state index contributed by atoms with van der Waals surface area (Å²) >= 11 is 0. The van der Waals surface area contributed by atoms with Crippen LogP contribution in [-0.4, -0.2) is 52.6 Å². The Morgan fingerprint density at radius 2 is 1.53 bits per heavy atom. The number of hydrogen-bond donors (Lipinski definition) is 2. The van der Waals surface area contributed by atoms with E-state index in [1.54, 1.807) is 0 Å². The van der Waals surface area contributed by atoms with Crippen LogP contribution in [0.15, 0.2) is 54.6 Å². The quantitative estimate of drug-likeness (QED) is 0.741. The Bertz CT molecular complexity index is 801. The largest absolute Gasteiger partial charge is 0.393 e. The summed E-state index contributed by atoms with van der Waals surface area (Å²) in [6, 6.07) is 18.9. The van der Waals surface area contributed by atoms with Crippen LogP contribution < -0.4 is 5.32 Å². The number of amides is 1. The fourth-order valence-corrected chi connectivity index (χ4v) is 4.54. The molecule has 0 aliphatic carbocycles. The van der Waals surface area contributed by atoms with E-state index in [-0.39, 0.29) is 18.1 Å². The lowest BCUT2D eigenvalue weighted by atomic mass is 10.1. The zero-order valence-electron chi connectivity index (χ0n) is 17.7. The van der Waals surface area contributed by atoms with Gasteiger partial charge in [0.15, 0.2) is 0 Å². The maximum absolute atomic E-state index is 12.8. The van der Waals surface area contributed by atoms with E-state index in [0.717, 1.165) is 64.0 Å². The number of likely N-dealkylation sites (tertiary alicyclic amines) is 2. The van der Waals surface area contributed by atoms with Crippen molar-refractivity contribution in [1.29, 1.82) is 0 Å². The molecule has 2 fully saturated rings. The van der Waals surface area contributed by atoms with Gasteiger partial charge < -0.3 is 10.4 Å². The van der Waals surface area contributed by atoms with Gasteiger partial charge in [-0.3, -0.25) is 14.6 Å². The van der Waals surface area contributed by atoms with Crippen molar-refractivity contribution in [3.63, 3.8) is 0 Å². The van der Waals surface area contributed by atoms with Crippen LogP contribution in [0, 0.1) is 0 Å². The summed E-state index contributed by atoms with van der Waals surface area (Å²) in [6.07, 6.45) is 3.62. The van der Waals surface area contributed by atoms with Gasteiger partial charge in [0.25, 0.3) is 0 Å². The monoisotopic (exact) mass is 407 g/mol. The fourth-order valence-electron chi connectivity index (χ4n) is 4.54. The van der Waals surface area contributed by atoms with Gasteiger partial charge in [0.1, 0.15) is 0 Å². The molecular formula is C25H33N3O2. The molecular weight excluding hydrogens is 374 g/mol. The maximum Gasteiger partial charge on any atom is 0.237 e. The minimum absolute atomic E-state index is 0.0288. The molecule has 1 atom stereocenters. The van der Waals surface area contributed by atoms with E-state index in [0.29, 0.717) is 6.54 Å². The Hall–Kier alpha value is -2.21. The second-order valence-corrected chi connectivity index (χ2v) is 8.66. The van der Waals surface area contributed by atoms with Crippen LogP contribution in [0.3, 0.4) is 0 Å². The van der Waals surface area contributed by atoms with Gasteiger partial charge in [-0.1, -0.05) is 54.6 Å². The van der Waals surface area contributed by atoms with Gasteiger partial charge in [0, 0.05) is 32.7 Å². The van der Waals surface area contributed by atoms with Gasteiger partial charge in [-0.25, -0.2) is 0 Å². The highest BCUT2D eigenvalue weighted by atomic mass is 16.3. The van der Waals surface area contributed by atoms with Crippen molar-refractivity contribution in [2.24, 2.45) is 0 Å². The Morgan fingerprint density at radius 1 is 0.867 bits per heavy atom. The molecule has 2 N–H and O–H groups in total. The normalized spacial score (nSPS) is 21.0. The van der Waals surface area contributed by atoms with Crippen molar-refractivity contribution in [3.05, 3.63) is 71.3 Å². The van der Waals surface area contributed by atoms with Gasteiger partial charge in [-0.15, -0.1) is 0 Å². The lowest BCUT2D eigenvalue weighted by molar-refractivity contribution is -0.125. The Balaban J connectivity index is 1.25. The van der Waals surface area contributed by atoms with Crippen LogP contribution >= 0.6 is 0 Å². The van der Waals surface area contributed by atoms with E-state index in [4.69, 9.17) is 0 Å². The molecule has 0 aromatic heterocycles. The first-order valence-electron chi connectivity index (χ1n) is 11.2. The maximum atomic E-state index is 12.8. The third-order valence-electron chi connectivity index (χ3n) is 6.35. The molecule has 2 aromatic carbocycles. The summed E-state index contributed by atoms with van der Waals surface area (Å²) in [7, 11) is 0. The van der Waals surface area contributed by atoms with Crippen molar-refractivity contribution in [2.45, 2.75) is 57.5 Å². The number of hydrogen-bond acceptors (Lipinski definition) is 4. The van der Waals surface area contributed by atoms with E-state index in [9.17, 15) is 9.90 Å². The molecule has 0 saturated carbocycles. The Labute approximate surface area is 179 Å². The molecule has 2 heterocycles. The van der Waals surface area contributed by atoms with Gasteiger partial charge in [-0.2, -0.15) is 0 Å². The molecule has 5 nitrogen and oxygen atoms in total. The Morgan fingerprint density at radius 3 is 2.27 bits per heavy atom. The molecule has 160 valence electrons. The predicted molar refractivity (Wildman–Crippen MR) is 119 cm³/mol. The fraction of sp³-hybridized carbons (Fsp3) is 0.480. The zero-order chi connectivity index (χ0) is 20.8. The number of carbonyl (C=O) groups is 1. The summed E-state index contributed by atoms with van der Waals surface area (Å²) in [5, 5.41) is 12.8. The number of nitrogens with zero attached hydrogens (tertiary/aromatic N) is 2. The number of aliphatic hydroxyl groups excluding tert-OH is 1. The summed E-state index contributed by atoms with van der Waals surface area (Å²) < 4.78 is 0. The summed E-state index contributed by atoms with van der Waals surface area (Å²) in [6.45, 7) is 5.23. The zero-order valence-corrected chi connectivity index (χ0v) is 17.7. The topological polar surface area (TPSA) is 55.8 Å². The molecule has 5 heteroatoms. The summed E-state index contributed by atoms with van der Waals surface area (Å²) in [5.74, 6) is 0.138. The second-order valence-electron chi connectivity index (χ2n) is 8.66. The predicted octanol–water partition coefficient (Wildman–Crippen LogP) is 2.92. The van der Waals surface area contributed by atoms with Crippen molar-refractivity contribution in [3.8, 4) is 0 Å². The average molecular weight is 408 g/mol. The van der Waals surface area contributed by atoms with Crippen LogP contribution in [-0.2, 0) is 24.4 Å². The van der Waals surface area contributed by atoms with E-state index in [1.807, 2.05) is 6.07 Å². The number of carbonyl (C=O) groups excluding carboxylic acids is 1. The summed E-state index contributed by atoms with van der Waals surface area (Å²) in [4.78, 5) is 17.5. The molecule has 0 bridgehead atoms. The van der Waals surface area contributed by atoms with Gasteiger partial charge >= 0.3 is 0 Å². The van der Waals surface area contributed by atoms with Crippen molar-refractivity contribution < 1.29 is 9.90 Å². The molecule has 0 radical (unpaired) electrons. The highest BCUT2D eigenvalue weighted by Crippen LogP contribution is 2.20. The highest BCUT2D eigenvalue weighted by Gasteiger charge is 2.30. The van der Waals surface area contributed by atoms with E-state index in [1.165, 1.54) is 11.1 Å². The molecule has 2 aromatic rings. The van der Waals surface area contributed by atoms with Gasteiger partial charge in [0.2, 0.25) is 5.91 Å². The van der Waals surface area contributed by atoms with E-state index >= 15 is 0 Å². The smallest absolute Gasteiger partial charge is 0.237 e. The van der Waals surface area contributed by atoms with Gasteiger partial charge in [-0.05, 0) is 48.9 Å².